The number of hydrogen-bond acceptors (Lipinski definition) is 3. The number of nitrogens with one attached hydrogen (secondary N) is 1. The average molecular weight is 429 g/mol. The third kappa shape index (κ3) is 4.65. The molecule has 0 unspecified atom stereocenters. The van der Waals surface area contributed by atoms with Crippen molar-refractivity contribution in [3.05, 3.63) is 71.8 Å². The average Bonchev–Trinajstić information content (AvgIpc) is 2.90. The number of benzene rings is 2. The van der Waals surface area contributed by atoms with Gasteiger partial charge in [0.05, 0.1) is 11.2 Å². The zero-order valence-corrected chi connectivity index (χ0v) is 17.2. The highest BCUT2D eigenvalue weighted by atomic mass is 19.3. The summed E-state index contributed by atoms with van der Waals surface area (Å²) in [7, 11) is 0. The summed E-state index contributed by atoms with van der Waals surface area (Å²) in [6, 6.07) is 10.7. The van der Waals surface area contributed by atoms with Crippen LogP contribution in [0.3, 0.4) is 0 Å². The topological polar surface area (TPSA) is 28.2 Å². The van der Waals surface area contributed by atoms with Crippen molar-refractivity contribution in [2.75, 3.05) is 23.3 Å². The van der Waals surface area contributed by atoms with E-state index in [1.165, 1.54) is 18.2 Å². The predicted octanol–water partition coefficient (Wildman–Crippen LogP) is 6.53. The Balaban J connectivity index is 1.77. The van der Waals surface area contributed by atoms with Gasteiger partial charge in [0.1, 0.15) is 17.5 Å². The molecule has 0 radical (unpaired) electrons. The third-order valence-electron chi connectivity index (χ3n) is 5.51. The first kappa shape index (κ1) is 21.2. The molecule has 2 heterocycles. The molecule has 0 aliphatic carbocycles. The van der Waals surface area contributed by atoms with Crippen LogP contribution in [0.15, 0.2) is 49.0 Å². The van der Waals surface area contributed by atoms with Gasteiger partial charge in [0, 0.05) is 48.6 Å². The standard InChI is InChI=1S/C24H23F4N3/c1-15-4-7-20(26)22(12-15)29-16(2)19-13-17-5-6-18(25)14-21(17)30-23(19)31-10-3-8-24(27,28)9-11-31/h4-7,12-14,29H,2-3,8-11H2,1H3. The summed E-state index contributed by atoms with van der Waals surface area (Å²) in [6.07, 6.45) is -0.168. The Labute approximate surface area is 178 Å². The van der Waals surface area contributed by atoms with E-state index < -0.39 is 17.6 Å². The van der Waals surface area contributed by atoms with Gasteiger partial charge in [-0.15, -0.1) is 0 Å². The lowest BCUT2D eigenvalue weighted by molar-refractivity contribution is -0.0102. The molecule has 31 heavy (non-hydrogen) atoms. The third-order valence-corrected chi connectivity index (χ3v) is 5.51. The second kappa shape index (κ2) is 8.21. The van der Waals surface area contributed by atoms with Crippen LogP contribution in [0, 0.1) is 18.6 Å². The van der Waals surface area contributed by atoms with Gasteiger partial charge in [-0.05, 0) is 49.2 Å². The molecule has 7 heteroatoms. The molecule has 1 saturated heterocycles. The fourth-order valence-electron chi connectivity index (χ4n) is 3.83. The normalized spacial score (nSPS) is 16.2. The highest BCUT2D eigenvalue weighted by Crippen LogP contribution is 2.34. The van der Waals surface area contributed by atoms with E-state index in [1.807, 2.05) is 6.92 Å². The Hall–Kier alpha value is -3.09. The van der Waals surface area contributed by atoms with Crippen LogP contribution in [0.5, 0.6) is 0 Å². The number of pyridine rings is 1. The Bertz CT molecular complexity index is 1140. The minimum atomic E-state index is -2.72. The molecule has 0 bridgehead atoms. The molecule has 162 valence electrons. The Morgan fingerprint density at radius 3 is 2.68 bits per heavy atom. The minimum Gasteiger partial charge on any atom is -0.356 e. The number of nitrogens with zero attached hydrogens (tertiary/aromatic N) is 2. The summed E-state index contributed by atoms with van der Waals surface area (Å²) < 4.78 is 55.9. The molecule has 0 amide bonds. The zero-order chi connectivity index (χ0) is 22.2. The van der Waals surface area contributed by atoms with E-state index in [0.29, 0.717) is 40.9 Å². The van der Waals surface area contributed by atoms with Gasteiger partial charge in [-0.3, -0.25) is 0 Å². The Kier molecular flexibility index (Phi) is 5.60. The fourth-order valence-corrected chi connectivity index (χ4v) is 3.83. The van der Waals surface area contributed by atoms with Crippen molar-refractivity contribution in [2.24, 2.45) is 0 Å². The molecule has 0 atom stereocenters. The number of aryl methyl sites for hydroxylation is 1. The first-order valence-electron chi connectivity index (χ1n) is 10.2. The van der Waals surface area contributed by atoms with E-state index >= 15 is 0 Å². The van der Waals surface area contributed by atoms with Crippen molar-refractivity contribution in [2.45, 2.75) is 32.1 Å². The number of aromatic nitrogens is 1. The van der Waals surface area contributed by atoms with Gasteiger partial charge >= 0.3 is 0 Å². The van der Waals surface area contributed by atoms with Crippen LogP contribution in [-0.2, 0) is 0 Å². The first-order valence-corrected chi connectivity index (χ1v) is 10.2. The minimum absolute atomic E-state index is 0.111. The molecule has 2 aromatic carbocycles. The molecule has 1 N–H and O–H groups in total. The van der Waals surface area contributed by atoms with Crippen molar-refractivity contribution < 1.29 is 17.6 Å². The Morgan fingerprint density at radius 1 is 1.06 bits per heavy atom. The summed E-state index contributed by atoms with van der Waals surface area (Å²) >= 11 is 0. The molecular weight excluding hydrogens is 406 g/mol. The quantitative estimate of drug-likeness (QED) is 0.478. The van der Waals surface area contributed by atoms with Crippen molar-refractivity contribution in [1.29, 1.82) is 0 Å². The van der Waals surface area contributed by atoms with Gasteiger partial charge in [-0.1, -0.05) is 12.6 Å². The lowest BCUT2D eigenvalue weighted by Gasteiger charge is -2.26. The molecular formula is C24H23F4N3. The van der Waals surface area contributed by atoms with Crippen molar-refractivity contribution in [3.63, 3.8) is 0 Å². The molecule has 1 aromatic heterocycles. The highest BCUT2D eigenvalue weighted by Gasteiger charge is 2.32. The maximum atomic E-state index is 14.3. The second-order valence-electron chi connectivity index (χ2n) is 7.98. The lowest BCUT2D eigenvalue weighted by Crippen LogP contribution is -2.28. The molecule has 1 aliphatic rings. The number of alkyl halides is 2. The highest BCUT2D eigenvalue weighted by molar-refractivity contribution is 5.90. The molecule has 1 fully saturated rings. The van der Waals surface area contributed by atoms with E-state index in [2.05, 4.69) is 16.9 Å². The SMILES string of the molecule is C=C(Nc1cc(C)ccc1F)c1cc2ccc(F)cc2nc1N1CCCC(F)(F)CC1. The zero-order valence-electron chi connectivity index (χ0n) is 17.2. The summed E-state index contributed by atoms with van der Waals surface area (Å²) in [5, 5.41) is 3.67. The van der Waals surface area contributed by atoms with Crippen molar-refractivity contribution in [3.8, 4) is 0 Å². The van der Waals surface area contributed by atoms with E-state index in [0.717, 1.165) is 5.56 Å². The monoisotopic (exact) mass is 429 g/mol. The number of halogens is 4. The Morgan fingerprint density at radius 2 is 1.87 bits per heavy atom. The van der Waals surface area contributed by atoms with Crippen LogP contribution in [0.1, 0.15) is 30.4 Å². The van der Waals surface area contributed by atoms with Gasteiger partial charge < -0.3 is 10.2 Å². The lowest BCUT2D eigenvalue weighted by atomic mass is 10.1. The van der Waals surface area contributed by atoms with E-state index in [9.17, 15) is 17.6 Å². The molecule has 0 spiro atoms. The molecule has 4 rings (SSSR count). The number of hydrogen-bond donors (Lipinski definition) is 1. The largest absolute Gasteiger partial charge is 0.356 e. The van der Waals surface area contributed by atoms with E-state index in [-0.39, 0.29) is 25.1 Å². The first-order chi connectivity index (χ1) is 14.7. The maximum Gasteiger partial charge on any atom is 0.249 e. The van der Waals surface area contributed by atoms with Crippen LogP contribution in [0.2, 0.25) is 0 Å². The van der Waals surface area contributed by atoms with Gasteiger partial charge in [-0.2, -0.15) is 0 Å². The van der Waals surface area contributed by atoms with E-state index in [1.54, 1.807) is 29.2 Å². The molecule has 0 saturated carbocycles. The summed E-state index contributed by atoms with van der Waals surface area (Å²) in [5.74, 6) is -3.16. The summed E-state index contributed by atoms with van der Waals surface area (Å²) in [5.41, 5.74) is 2.50. The summed E-state index contributed by atoms with van der Waals surface area (Å²) in [6.45, 7) is 6.41. The summed E-state index contributed by atoms with van der Waals surface area (Å²) in [4.78, 5) is 6.38. The van der Waals surface area contributed by atoms with Crippen molar-refractivity contribution in [1.82, 2.24) is 4.98 Å². The van der Waals surface area contributed by atoms with E-state index in [4.69, 9.17) is 0 Å². The van der Waals surface area contributed by atoms with Crippen LogP contribution < -0.4 is 10.2 Å². The number of fused-ring (bicyclic) bond motifs is 1. The van der Waals surface area contributed by atoms with Crippen molar-refractivity contribution >= 4 is 28.1 Å². The molecule has 1 aliphatic heterocycles. The van der Waals surface area contributed by atoms with Crippen LogP contribution in [-0.4, -0.2) is 24.0 Å². The van der Waals surface area contributed by atoms with Crippen LogP contribution >= 0.6 is 0 Å². The van der Waals surface area contributed by atoms with Gasteiger partial charge in [0.2, 0.25) is 5.92 Å². The molecule has 3 nitrogen and oxygen atoms in total. The van der Waals surface area contributed by atoms with Crippen LogP contribution in [0.25, 0.3) is 16.6 Å². The van der Waals surface area contributed by atoms with Gasteiger partial charge in [-0.25, -0.2) is 22.5 Å². The second-order valence-corrected chi connectivity index (χ2v) is 7.98. The van der Waals surface area contributed by atoms with Gasteiger partial charge in [0.15, 0.2) is 0 Å². The maximum absolute atomic E-state index is 14.3. The molecule has 3 aromatic rings. The number of rotatable bonds is 4. The van der Waals surface area contributed by atoms with Gasteiger partial charge in [0.25, 0.3) is 0 Å². The fraction of sp³-hybridized carbons (Fsp3) is 0.292. The number of anilines is 2. The van der Waals surface area contributed by atoms with Crippen LogP contribution in [0.4, 0.5) is 29.1 Å². The predicted molar refractivity (Wildman–Crippen MR) is 117 cm³/mol. The smallest absolute Gasteiger partial charge is 0.249 e.